The molecule has 0 radical (unpaired) electrons. The molecule has 0 bridgehead atoms. The maximum Gasteiger partial charge on any atom is 0.275 e. The molecule has 2 heterocycles. The maximum absolute atomic E-state index is 13.8. The van der Waals surface area contributed by atoms with Crippen LogP contribution in [0.2, 0.25) is 5.02 Å². The fourth-order valence-corrected chi connectivity index (χ4v) is 3.25. The number of aldehydes is 1. The number of nitrogens with one attached hydrogen (secondary N) is 1. The summed E-state index contributed by atoms with van der Waals surface area (Å²) in [5.41, 5.74) is 2.06. The number of carbonyl (C=O) groups is 2. The second-order valence-corrected chi connectivity index (χ2v) is 6.88. The number of rotatable bonds is 4. The monoisotopic (exact) mass is 398 g/mol. The number of amides is 1. The lowest BCUT2D eigenvalue weighted by Crippen LogP contribution is -2.30. The van der Waals surface area contributed by atoms with Gasteiger partial charge in [-0.25, -0.2) is 9.07 Å². The number of hydrogen-bond acceptors (Lipinski definition) is 4. The summed E-state index contributed by atoms with van der Waals surface area (Å²) in [6.07, 6.45) is 0.776. The zero-order valence-electron chi connectivity index (χ0n) is 14.7. The van der Waals surface area contributed by atoms with Gasteiger partial charge in [-0.1, -0.05) is 23.7 Å². The molecule has 1 saturated heterocycles. The van der Waals surface area contributed by atoms with E-state index in [1.807, 2.05) is 0 Å². The van der Waals surface area contributed by atoms with E-state index in [-0.39, 0.29) is 36.7 Å². The maximum atomic E-state index is 13.8. The summed E-state index contributed by atoms with van der Waals surface area (Å²) in [5.74, 6) is -0.686. The Labute approximate surface area is 165 Å². The molecule has 1 aromatic heterocycles. The standard InChI is InChI=1S/C20H16ClFN4O2/c21-14-4-6-17(7-5-14)26-19(13-2-1-3-15(22)8-13)9-18(24-26)20(28)25-10-16(11-27)23-12-25/h1-9,11,16,23H,10,12H2. The second kappa shape index (κ2) is 7.53. The predicted molar refractivity (Wildman–Crippen MR) is 103 cm³/mol. The molecule has 28 heavy (non-hydrogen) atoms. The topological polar surface area (TPSA) is 67.2 Å². The lowest BCUT2D eigenvalue weighted by atomic mass is 10.1. The normalized spacial score (nSPS) is 16.4. The molecule has 1 atom stereocenters. The summed E-state index contributed by atoms with van der Waals surface area (Å²) < 4.78 is 15.4. The van der Waals surface area contributed by atoms with E-state index in [0.717, 1.165) is 6.29 Å². The molecule has 0 spiro atoms. The largest absolute Gasteiger partial charge is 0.322 e. The highest BCUT2D eigenvalue weighted by Gasteiger charge is 2.28. The first-order valence-electron chi connectivity index (χ1n) is 8.65. The smallest absolute Gasteiger partial charge is 0.275 e. The Hall–Kier alpha value is -3.03. The van der Waals surface area contributed by atoms with Crippen molar-refractivity contribution >= 4 is 23.8 Å². The number of nitrogens with zero attached hydrogens (tertiary/aromatic N) is 3. The molecular weight excluding hydrogens is 383 g/mol. The predicted octanol–water partition coefficient (Wildman–Crippen LogP) is 2.90. The zero-order chi connectivity index (χ0) is 19.7. The Morgan fingerprint density at radius 3 is 2.68 bits per heavy atom. The molecular formula is C20H16ClFN4O2. The minimum absolute atomic E-state index is 0.211. The van der Waals surface area contributed by atoms with Crippen molar-refractivity contribution in [1.82, 2.24) is 20.0 Å². The molecule has 4 rings (SSSR count). The molecule has 2 aromatic carbocycles. The van der Waals surface area contributed by atoms with Crippen molar-refractivity contribution < 1.29 is 14.0 Å². The summed E-state index contributed by atoms with van der Waals surface area (Å²) in [7, 11) is 0. The van der Waals surface area contributed by atoms with Crippen molar-refractivity contribution in [3.63, 3.8) is 0 Å². The first-order chi connectivity index (χ1) is 13.5. The summed E-state index contributed by atoms with van der Waals surface area (Å²) in [6.45, 7) is 0.552. The Morgan fingerprint density at radius 1 is 1.21 bits per heavy atom. The van der Waals surface area contributed by atoms with Gasteiger partial charge in [-0.3, -0.25) is 10.1 Å². The van der Waals surface area contributed by atoms with Gasteiger partial charge in [0.1, 0.15) is 12.1 Å². The third-order valence-corrected chi connectivity index (χ3v) is 4.78. The van der Waals surface area contributed by atoms with Gasteiger partial charge in [-0.05, 0) is 42.5 Å². The van der Waals surface area contributed by atoms with Gasteiger partial charge < -0.3 is 9.69 Å². The van der Waals surface area contributed by atoms with E-state index in [1.54, 1.807) is 47.1 Å². The van der Waals surface area contributed by atoms with Crippen LogP contribution in [0.5, 0.6) is 0 Å². The van der Waals surface area contributed by atoms with E-state index in [4.69, 9.17) is 11.6 Å². The van der Waals surface area contributed by atoms with Crippen LogP contribution < -0.4 is 5.32 Å². The average molecular weight is 399 g/mol. The van der Waals surface area contributed by atoms with Crippen LogP contribution in [0.25, 0.3) is 16.9 Å². The van der Waals surface area contributed by atoms with Crippen LogP contribution in [0, 0.1) is 5.82 Å². The molecule has 1 N–H and O–H groups in total. The third kappa shape index (κ3) is 3.54. The minimum Gasteiger partial charge on any atom is -0.322 e. The molecule has 1 aliphatic rings. The van der Waals surface area contributed by atoms with Crippen LogP contribution in [0.3, 0.4) is 0 Å². The fraction of sp³-hybridized carbons (Fsp3) is 0.150. The van der Waals surface area contributed by atoms with Crippen molar-refractivity contribution in [2.75, 3.05) is 13.2 Å². The van der Waals surface area contributed by atoms with Crippen molar-refractivity contribution in [2.24, 2.45) is 0 Å². The van der Waals surface area contributed by atoms with Crippen molar-refractivity contribution in [3.05, 3.63) is 71.1 Å². The molecule has 6 nitrogen and oxygen atoms in total. The Balaban J connectivity index is 1.77. The zero-order valence-corrected chi connectivity index (χ0v) is 15.4. The van der Waals surface area contributed by atoms with Crippen molar-refractivity contribution in [3.8, 4) is 16.9 Å². The van der Waals surface area contributed by atoms with Crippen LogP contribution >= 0.6 is 11.6 Å². The molecule has 1 amide bonds. The van der Waals surface area contributed by atoms with E-state index >= 15 is 0 Å². The number of carbonyl (C=O) groups excluding carboxylic acids is 2. The molecule has 1 fully saturated rings. The summed E-state index contributed by atoms with van der Waals surface area (Å²) in [4.78, 5) is 25.3. The van der Waals surface area contributed by atoms with Gasteiger partial charge in [0.25, 0.3) is 5.91 Å². The van der Waals surface area contributed by atoms with Gasteiger partial charge in [0.15, 0.2) is 5.69 Å². The van der Waals surface area contributed by atoms with E-state index in [1.165, 1.54) is 17.0 Å². The number of aromatic nitrogens is 2. The van der Waals surface area contributed by atoms with E-state index in [9.17, 15) is 14.0 Å². The molecule has 8 heteroatoms. The average Bonchev–Trinajstić information content (AvgIpc) is 3.35. The van der Waals surface area contributed by atoms with Crippen LogP contribution in [0.1, 0.15) is 10.5 Å². The van der Waals surface area contributed by atoms with Gasteiger partial charge in [0.2, 0.25) is 0 Å². The number of benzene rings is 2. The minimum atomic E-state index is -0.384. The van der Waals surface area contributed by atoms with Gasteiger partial charge in [0.05, 0.1) is 24.1 Å². The van der Waals surface area contributed by atoms with Gasteiger partial charge in [0, 0.05) is 17.1 Å². The highest BCUT2D eigenvalue weighted by molar-refractivity contribution is 6.30. The molecule has 0 aliphatic carbocycles. The molecule has 0 saturated carbocycles. The number of halogens is 2. The van der Waals surface area contributed by atoms with E-state index in [0.29, 0.717) is 22.0 Å². The van der Waals surface area contributed by atoms with Crippen molar-refractivity contribution in [2.45, 2.75) is 6.04 Å². The van der Waals surface area contributed by atoms with Crippen LogP contribution in [-0.4, -0.2) is 46.1 Å². The van der Waals surface area contributed by atoms with Crippen LogP contribution in [0.15, 0.2) is 54.6 Å². The fourth-order valence-electron chi connectivity index (χ4n) is 3.12. The molecule has 1 aliphatic heterocycles. The van der Waals surface area contributed by atoms with E-state index in [2.05, 4.69) is 10.4 Å². The van der Waals surface area contributed by atoms with Gasteiger partial charge in [-0.2, -0.15) is 5.10 Å². The summed E-state index contributed by atoms with van der Waals surface area (Å²) in [6, 6.07) is 14.3. The lowest BCUT2D eigenvalue weighted by Gasteiger charge is -2.12. The molecule has 3 aromatic rings. The first-order valence-corrected chi connectivity index (χ1v) is 9.03. The van der Waals surface area contributed by atoms with Crippen LogP contribution in [-0.2, 0) is 4.79 Å². The molecule has 142 valence electrons. The number of hydrogen-bond donors (Lipinski definition) is 1. The highest BCUT2D eigenvalue weighted by Crippen LogP contribution is 2.26. The van der Waals surface area contributed by atoms with Gasteiger partial charge in [-0.15, -0.1) is 0 Å². The Kier molecular flexibility index (Phi) is 4.93. The molecule has 1 unspecified atom stereocenters. The second-order valence-electron chi connectivity index (χ2n) is 6.45. The first kappa shape index (κ1) is 18.3. The van der Waals surface area contributed by atoms with E-state index < -0.39 is 0 Å². The van der Waals surface area contributed by atoms with Crippen molar-refractivity contribution in [1.29, 1.82) is 0 Å². The highest BCUT2D eigenvalue weighted by atomic mass is 35.5. The lowest BCUT2D eigenvalue weighted by molar-refractivity contribution is -0.109. The van der Waals surface area contributed by atoms with Gasteiger partial charge >= 0.3 is 0 Å². The quantitative estimate of drug-likeness (QED) is 0.686. The summed E-state index contributed by atoms with van der Waals surface area (Å²) in [5, 5.41) is 7.97. The summed E-state index contributed by atoms with van der Waals surface area (Å²) >= 11 is 5.97. The van der Waals surface area contributed by atoms with Crippen LogP contribution in [0.4, 0.5) is 4.39 Å². The Morgan fingerprint density at radius 2 is 2.00 bits per heavy atom. The third-order valence-electron chi connectivity index (χ3n) is 4.53. The SMILES string of the molecule is O=CC1CN(C(=O)c2cc(-c3cccc(F)c3)n(-c3ccc(Cl)cc3)n2)CN1. The Bertz CT molecular complexity index is 1030.